The van der Waals surface area contributed by atoms with Gasteiger partial charge in [0.15, 0.2) is 0 Å². The number of H-pyrrole nitrogens is 1. The summed E-state index contributed by atoms with van der Waals surface area (Å²) in [4.78, 5) is 20.5. The molecule has 0 unspecified atom stereocenters. The van der Waals surface area contributed by atoms with E-state index in [0.717, 1.165) is 42.5 Å². The third-order valence-corrected chi connectivity index (χ3v) is 5.42. The largest absolute Gasteiger partial charge is 0.381 e. The van der Waals surface area contributed by atoms with Gasteiger partial charge in [0, 0.05) is 38.6 Å². The minimum absolute atomic E-state index is 0.107. The van der Waals surface area contributed by atoms with E-state index >= 15 is 0 Å². The van der Waals surface area contributed by atoms with Crippen LogP contribution in [0.15, 0.2) is 48.8 Å². The normalized spacial score (nSPS) is 16.4. The lowest BCUT2D eigenvalue weighted by Gasteiger charge is -2.38. The maximum absolute atomic E-state index is 12.6. The molecule has 4 rings (SSSR count). The number of nitrogens with one attached hydrogen (secondary N) is 2. The summed E-state index contributed by atoms with van der Waals surface area (Å²) < 4.78 is 7.71. The third-order valence-electron chi connectivity index (χ3n) is 5.42. The average Bonchev–Trinajstić information content (AvgIpc) is 3.35. The smallest absolute Gasteiger partial charge is 0.222 e. The highest BCUT2D eigenvalue weighted by Gasteiger charge is 2.35. The van der Waals surface area contributed by atoms with Gasteiger partial charge >= 0.3 is 0 Å². The molecule has 1 fully saturated rings. The number of aromatic nitrogens is 3. The molecular formula is C21H26N4O2. The Morgan fingerprint density at radius 2 is 1.96 bits per heavy atom. The van der Waals surface area contributed by atoms with Gasteiger partial charge in [0.05, 0.1) is 23.0 Å². The fraction of sp³-hybridized carbons (Fsp3) is 0.429. The second-order valence-corrected chi connectivity index (χ2v) is 7.26. The molecule has 2 aromatic heterocycles. The van der Waals surface area contributed by atoms with Gasteiger partial charge in [-0.25, -0.2) is 4.98 Å². The highest BCUT2D eigenvalue weighted by molar-refractivity contribution is 5.77. The maximum atomic E-state index is 12.6. The molecule has 1 aliphatic heterocycles. The van der Waals surface area contributed by atoms with Crippen molar-refractivity contribution >= 4 is 16.9 Å². The Kier molecular flexibility index (Phi) is 5.25. The molecule has 6 nitrogen and oxygen atoms in total. The zero-order valence-electron chi connectivity index (χ0n) is 15.5. The Balaban J connectivity index is 1.28. The molecule has 2 N–H and O–H groups in total. The zero-order chi connectivity index (χ0) is 18.5. The standard InChI is InChI=1S/C21H26N4O2/c26-20(16-21(9-14-27-15-10-21)25-12-3-4-13-25)22-11-5-8-19-23-17-6-1-2-7-18(17)24-19/h1-4,6-7,12-13H,5,8-11,14-16H2,(H,22,26)(H,23,24). The van der Waals surface area contributed by atoms with Gasteiger partial charge in [-0.15, -0.1) is 0 Å². The van der Waals surface area contributed by atoms with Crippen molar-refractivity contribution in [1.29, 1.82) is 0 Å². The Bertz CT molecular complexity index is 846. The van der Waals surface area contributed by atoms with Crippen LogP contribution in [-0.2, 0) is 21.5 Å². The van der Waals surface area contributed by atoms with Gasteiger partial charge in [-0.2, -0.15) is 0 Å². The van der Waals surface area contributed by atoms with Crippen LogP contribution in [0.2, 0.25) is 0 Å². The molecule has 0 aliphatic carbocycles. The lowest BCUT2D eigenvalue weighted by atomic mass is 9.86. The minimum atomic E-state index is -0.162. The van der Waals surface area contributed by atoms with Crippen molar-refractivity contribution in [1.82, 2.24) is 19.9 Å². The van der Waals surface area contributed by atoms with E-state index in [0.29, 0.717) is 26.2 Å². The average molecular weight is 366 g/mol. The SMILES string of the molecule is O=C(CC1(n2cccc2)CCOCC1)NCCCc1nc2ccccc2[nH]1. The molecule has 142 valence electrons. The lowest BCUT2D eigenvalue weighted by molar-refractivity contribution is -0.124. The molecular weight excluding hydrogens is 340 g/mol. The summed E-state index contributed by atoms with van der Waals surface area (Å²) >= 11 is 0. The summed E-state index contributed by atoms with van der Waals surface area (Å²) in [6.45, 7) is 2.07. The van der Waals surface area contributed by atoms with Gasteiger partial charge in [-0.3, -0.25) is 4.79 Å². The first kappa shape index (κ1) is 17.8. The van der Waals surface area contributed by atoms with E-state index in [1.165, 1.54) is 0 Å². The first-order valence-corrected chi connectivity index (χ1v) is 9.67. The Morgan fingerprint density at radius 1 is 1.19 bits per heavy atom. The highest BCUT2D eigenvalue weighted by atomic mass is 16.5. The quantitative estimate of drug-likeness (QED) is 0.632. The molecule has 1 aromatic carbocycles. The van der Waals surface area contributed by atoms with Crippen molar-refractivity contribution in [3.63, 3.8) is 0 Å². The fourth-order valence-electron chi connectivity index (χ4n) is 3.90. The van der Waals surface area contributed by atoms with Crippen LogP contribution in [0.4, 0.5) is 0 Å². The topological polar surface area (TPSA) is 71.9 Å². The number of imidazole rings is 1. The predicted octanol–water partition coefficient (Wildman–Crippen LogP) is 3.01. The number of amides is 1. The van der Waals surface area contributed by atoms with Crippen LogP contribution in [0.3, 0.4) is 0 Å². The van der Waals surface area contributed by atoms with E-state index < -0.39 is 0 Å². The molecule has 3 heterocycles. The minimum Gasteiger partial charge on any atom is -0.381 e. The molecule has 3 aromatic rings. The van der Waals surface area contributed by atoms with E-state index in [1.807, 2.05) is 36.4 Å². The zero-order valence-corrected chi connectivity index (χ0v) is 15.5. The van der Waals surface area contributed by atoms with Gasteiger partial charge in [0.25, 0.3) is 0 Å². The maximum Gasteiger partial charge on any atom is 0.222 e. The summed E-state index contributed by atoms with van der Waals surface area (Å²) in [5.41, 5.74) is 1.89. The number of benzene rings is 1. The van der Waals surface area contributed by atoms with Crippen LogP contribution in [0.5, 0.6) is 0 Å². The van der Waals surface area contributed by atoms with Crippen LogP contribution < -0.4 is 5.32 Å². The lowest BCUT2D eigenvalue weighted by Crippen LogP contribution is -2.43. The van der Waals surface area contributed by atoms with Crippen LogP contribution in [0.1, 0.15) is 31.5 Å². The number of hydrogen-bond acceptors (Lipinski definition) is 3. The molecule has 6 heteroatoms. The number of aryl methyl sites for hydroxylation is 1. The van der Waals surface area contributed by atoms with E-state index in [2.05, 4.69) is 32.2 Å². The molecule has 27 heavy (non-hydrogen) atoms. The van der Waals surface area contributed by atoms with E-state index in [1.54, 1.807) is 0 Å². The predicted molar refractivity (Wildman–Crippen MR) is 105 cm³/mol. The monoisotopic (exact) mass is 366 g/mol. The van der Waals surface area contributed by atoms with Crippen molar-refractivity contribution < 1.29 is 9.53 Å². The molecule has 0 radical (unpaired) electrons. The Morgan fingerprint density at radius 3 is 2.74 bits per heavy atom. The van der Waals surface area contributed by atoms with Crippen LogP contribution >= 0.6 is 0 Å². The summed E-state index contributed by atoms with van der Waals surface area (Å²) in [7, 11) is 0. The number of para-hydroxylation sites is 2. The number of hydrogen-bond donors (Lipinski definition) is 2. The van der Waals surface area contributed by atoms with Gasteiger partial charge in [0.2, 0.25) is 5.91 Å². The number of nitrogens with zero attached hydrogens (tertiary/aromatic N) is 2. The Hall–Kier alpha value is -2.60. The van der Waals surface area contributed by atoms with Crippen LogP contribution in [0.25, 0.3) is 11.0 Å². The third kappa shape index (κ3) is 4.06. The number of fused-ring (bicyclic) bond motifs is 1. The van der Waals surface area contributed by atoms with Gasteiger partial charge < -0.3 is 19.6 Å². The number of carbonyl (C=O) groups is 1. The fourth-order valence-corrected chi connectivity index (χ4v) is 3.90. The molecule has 0 bridgehead atoms. The molecule has 1 aliphatic rings. The summed E-state index contributed by atoms with van der Waals surface area (Å²) in [5.74, 6) is 1.08. The van der Waals surface area contributed by atoms with E-state index in [9.17, 15) is 4.79 Å². The van der Waals surface area contributed by atoms with Crippen molar-refractivity contribution in [3.05, 3.63) is 54.6 Å². The van der Waals surface area contributed by atoms with E-state index in [-0.39, 0.29) is 11.4 Å². The van der Waals surface area contributed by atoms with Crippen molar-refractivity contribution in [2.24, 2.45) is 0 Å². The van der Waals surface area contributed by atoms with Gasteiger partial charge in [-0.1, -0.05) is 12.1 Å². The molecule has 1 amide bonds. The second-order valence-electron chi connectivity index (χ2n) is 7.26. The number of carbonyl (C=O) groups excluding carboxylic acids is 1. The van der Waals surface area contributed by atoms with Crippen molar-refractivity contribution in [2.75, 3.05) is 19.8 Å². The number of ether oxygens (including phenoxy) is 1. The molecule has 0 saturated carbocycles. The molecule has 1 saturated heterocycles. The Labute approximate surface area is 158 Å². The highest BCUT2D eigenvalue weighted by Crippen LogP contribution is 2.32. The summed E-state index contributed by atoms with van der Waals surface area (Å²) in [6, 6.07) is 12.1. The van der Waals surface area contributed by atoms with Crippen molar-refractivity contribution in [3.8, 4) is 0 Å². The van der Waals surface area contributed by atoms with Gasteiger partial charge in [0.1, 0.15) is 5.82 Å². The summed E-state index contributed by atoms with van der Waals surface area (Å²) in [6.07, 6.45) is 8.04. The molecule has 0 spiro atoms. The van der Waals surface area contributed by atoms with Crippen molar-refractivity contribution in [2.45, 2.75) is 37.6 Å². The summed E-state index contributed by atoms with van der Waals surface area (Å²) in [5, 5.41) is 3.09. The first-order chi connectivity index (χ1) is 13.3. The van der Waals surface area contributed by atoms with E-state index in [4.69, 9.17) is 4.74 Å². The second kappa shape index (κ2) is 7.96. The van der Waals surface area contributed by atoms with Crippen LogP contribution in [0, 0.1) is 0 Å². The number of rotatable bonds is 7. The van der Waals surface area contributed by atoms with Gasteiger partial charge in [-0.05, 0) is 43.5 Å². The first-order valence-electron chi connectivity index (χ1n) is 9.67. The van der Waals surface area contributed by atoms with Crippen LogP contribution in [-0.4, -0.2) is 40.2 Å². The molecule has 0 atom stereocenters. The number of aromatic amines is 1.